The maximum atomic E-state index is 13.8. The summed E-state index contributed by atoms with van der Waals surface area (Å²) in [6.45, 7) is 7.85. The van der Waals surface area contributed by atoms with Crippen molar-refractivity contribution in [2.75, 3.05) is 24.2 Å². The van der Waals surface area contributed by atoms with E-state index in [0.29, 0.717) is 29.6 Å². The average molecular weight is 433 g/mol. The Hall–Kier alpha value is -3.14. The molecule has 0 spiro atoms. The smallest absolute Gasteiger partial charge is 0.229 e. The second-order valence-corrected chi connectivity index (χ2v) is 8.18. The number of hydrogen-bond donors (Lipinski definition) is 2. The van der Waals surface area contributed by atoms with Gasteiger partial charge in [-0.15, -0.1) is 0 Å². The third-order valence-electron chi connectivity index (χ3n) is 4.91. The first-order valence-electron chi connectivity index (χ1n) is 9.83. The first-order valence-corrected chi connectivity index (χ1v) is 9.83. The van der Waals surface area contributed by atoms with Gasteiger partial charge in [-0.25, -0.2) is 18.2 Å². The molecule has 7 nitrogen and oxygen atoms in total. The maximum absolute atomic E-state index is 13.8. The summed E-state index contributed by atoms with van der Waals surface area (Å²) < 4.78 is 42.4. The normalized spacial score (nSPS) is 11.7. The zero-order valence-electron chi connectivity index (χ0n) is 18.0. The first-order chi connectivity index (χ1) is 14.6. The van der Waals surface area contributed by atoms with Gasteiger partial charge in [-0.05, 0) is 33.9 Å². The summed E-state index contributed by atoms with van der Waals surface area (Å²) in [5.41, 5.74) is 0.525. The van der Waals surface area contributed by atoms with Gasteiger partial charge in [0, 0.05) is 48.7 Å². The molecule has 0 amide bonds. The van der Waals surface area contributed by atoms with E-state index in [2.05, 4.69) is 58.4 Å². The van der Waals surface area contributed by atoms with Gasteiger partial charge in [0.05, 0.1) is 18.4 Å². The van der Waals surface area contributed by atoms with Gasteiger partial charge >= 0.3 is 0 Å². The molecule has 1 aromatic carbocycles. The quantitative estimate of drug-likeness (QED) is 0.556. The van der Waals surface area contributed by atoms with Crippen LogP contribution >= 0.6 is 0 Å². The monoisotopic (exact) mass is 433 g/mol. The van der Waals surface area contributed by atoms with Crippen molar-refractivity contribution < 1.29 is 13.2 Å². The van der Waals surface area contributed by atoms with Crippen LogP contribution in [0.4, 0.5) is 30.6 Å². The lowest BCUT2D eigenvalue weighted by Gasteiger charge is -2.31. The van der Waals surface area contributed by atoms with Crippen molar-refractivity contribution in [3.63, 3.8) is 0 Å². The number of rotatable bonds is 8. The number of halogens is 3. The van der Waals surface area contributed by atoms with Gasteiger partial charge in [0.25, 0.3) is 0 Å². The first kappa shape index (κ1) is 22.5. The van der Waals surface area contributed by atoms with Crippen LogP contribution in [0.5, 0.6) is 0 Å². The Labute approximate surface area is 179 Å². The Morgan fingerprint density at radius 2 is 1.84 bits per heavy atom. The van der Waals surface area contributed by atoms with Crippen molar-refractivity contribution in [3.05, 3.63) is 59.8 Å². The number of nitrogens with one attached hydrogen (secondary N) is 2. The van der Waals surface area contributed by atoms with Crippen LogP contribution in [-0.2, 0) is 13.1 Å². The van der Waals surface area contributed by atoms with E-state index in [0.717, 1.165) is 13.1 Å². The molecule has 31 heavy (non-hydrogen) atoms. The number of nitrogens with zero attached hydrogens (tertiary/aromatic N) is 5. The summed E-state index contributed by atoms with van der Waals surface area (Å²) >= 11 is 0. The largest absolute Gasteiger partial charge is 0.366 e. The lowest BCUT2D eigenvalue weighted by atomic mass is 10.1. The standard InChI is InChI=1S/C21H26F3N7/c1-21(2,3)30(4)7-8-31-13-15(11-27-31)28-20-25-6-5-19(29-20)26-12-16-17(23)9-14(22)10-18(16)24/h5-6,9-11,13H,7-8,12H2,1-4H3,(H2,25,26,28,29). The minimum atomic E-state index is -0.960. The van der Waals surface area contributed by atoms with E-state index in [4.69, 9.17) is 0 Å². The molecule has 0 atom stereocenters. The highest BCUT2D eigenvalue weighted by Crippen LogP contribution is 2.18. The summed E-state index contributed by atoms with van der Waals surface area (Å²) in [6, 6.07) is 2.85. The van der Waals surface area contributed by atoms with E-state index in [9.17, 15) is 13.2 Å². The predicted molar refractivity (Wildman–Crippen MR) is 114 cm³/mol. The molecule has 2 N–H and O–H groups in total. The van der Waals surface area contributed by atoms with Gasteiger partial charge in [0.1, 0.15) is 23.3 Å². The number of hydrogen-bond acceptors (Lipinski definition) is 6. The molecular formula is C21H26F3N7. The molecule has 0 saturated heterocycles. The molecule has 3 rings (SSSR count). The maximum Gasteiger partial charge on any atom is 0.229 e. The fourth-order valence-electron chi connectivity index (χ4n) is 2.70. The molecule has 0 saturated carbocycles. The highest BCUT2D eigenvalue weighted by molar-refractivity contribution is 5.52. The summed E-state index contributed by atoms with van der Waals surface area (Å²) in [6.07, 6.45) is 5.03. The van der Waals surface area contributed by atoms with Gasteiger partial charge in [-0.3, -0.25) is 9.58 Å². The topological polar surface area (TPSA) is 70.9 Å². The molecule has 0 unspecified atom stereocenters. The summed E-state index contributed by atoms with van der Waals surface area (Å²) in [7, 11) is 2.07. The highest BCUT2D eigenvalue weighted by atomic mass is 19.1. The Kier molecular flexibility index (Phi) is 6.79. The number of benzene rings is 1. The van der Waals surface area contributed by atoms with Crippen molar-refractivity contribution in [2.24, 2.45) is 0 Å². The Bertz CT molecular complexity index is 1010. The van der Waals surface area contributed by atoms with Crippen molar-refractivity contribution in [2.45, 2.75) is 39.4 Å². The van der Waals surface area contributed by atoms with Crippen molar-refractivity contribution in [3.8, 4) is 0 Å². The minimum Gasteiger partial charge on any atom is -0.366 e. The third kappa shape index (κ3) is 6.17. The summed E-state index contributed by atoms with van der Waals surface area (Å²) in [5, 5.41) is 10.2. The molecule has 3 aromatic rings. The average Bonchev–Trinajstić information content (AvgIpc) is 3.12. The lowest BCUT2D eigenvalue weighted by molar-refractivity contribution is 0.167. The van der Waals surface area contributed by atoms with Crippen LogP contribution in [0.2, 0.25) is 0 Å². The Balaban J connectivity index is 1.59. The molecule has 166 valence electrons. The molecule has 2 aromatic heterocycles. The number of likely N-dealkylation sites (N-methyl/N-ethyl adjacent to an activating group) is 1. The molecule has 0 aliphatic heterocycles. The van der Waals surface area contributed by atoms with E-state index in [1.54, 1.807) is 12.3 Å². The number of anilines is 3. The predicted octanol–water partition coefficient (Wildman–Crippen LogP) is 4.18. The molecular weight excluding hydrogens is 407 g/mol. The van der Waals surface area contributed by atoms with Crippen LogP contribution in [0.1, 0.15) is 26.3 Å². The summed E-state index contributed by atoms with van der Waals surface area (Å²) in [5.74, 6) is -2.21. The van der Waals surface area contributed by atoms with Crippen molar-refractivity contribution in [1.82, 2.24) is 24.6 Å². The molecule has 0 bridgehead atoms. The van der Waals surface area contributed by atoms with Gasteiger partial charge in [-0.1, -0.05) is 0 Å². The fraction of sp³-hybridized carbons (Fsp3) is 0.381. The number of aromatic nitrogens is 4. The van der Waals surface area contributed by atoms with Crippen LogP contribution in [0, 0.1) is 17.5 Å². The lowest BCUT2D eigenvalue weighted by Crippen LogP contribution is -2.39. The van der Waals surface area contributed by atoms with Crippen molar-refractivity contribution >= 4 is 17.5 Å². The Morgan fingerprint density at radius 1 is 1.13 bits per heavy atom. The zero-order chi connectivity index (χ0) is 22.6. The van der Waals surface area contributed by atoms with E-state index in [1.807, 2.05) is 10.9 Å². The van der Waals surface area contributed by atoms with Crippen LogP contribution in [0.3, 0.4) is 0 Å². The molecule has 0 aliphatic carbocycles. The van der Waals surface area contributed by atoms with E-state index < -0.39 is 17.5 Å². The fourth-order valence-corrected chi connectivity index (χ4v) is 2.70. The molecule has 2 heterocycles. The van der Waals surface area contributed by atoms with Gasteiger partial charge in [0.2, 0.25) is 5.95 Å². The third-order valence-corrected chi connectivity index (χ3v) is 4.91. The van der Waals surface area contributed by atoms with Crippen LogP contribution in [-0.4, -0.2) is 43.8 Å². The highest BCUT2D eigenvalue weighted by Gasteiger charge is 2.16. The van der Waals surface area contributed by atoms with Crippen molar-refractivity contribution in [1.29, 1.82) is 0 Å². The van der Waals surface area contributed by atoms with Gasteiger partial charge in [-0.2, -0.15) is 10.1 Å². The zero-order valence-corrected chi connectivity index (χ0v) is 18.0. The van der Waals surface area contributed by atoms with Gasteiger partial charge in [0.15, 0.2) is 0 Å². The molecule has 0 radical (unpaired) electrons. The minimum absolute atomic E-state index is 0.0786. The van der Waals surface area contributed by atoms with E-state index >= 15 is 0 Å². The van der Waals surface area contributed by atoms with Gasteiger partial charge < -0.3 is 10.6 Å². The Morgan fingerprint density at radius 3 is 2.52 bits per heavy atom. The SMILES string of the molecule is CN(CCn1cc(Nc2nccc(NCc3c(F)cc(F)cc3F)n2)cn1)C(C)(C)C. The molecule has 10 heteroatoms. The van der Waals surface area contributed by atoms with E-state index in [1.165, 1.54) is 6.20 Å². The second kappa shape index (κ2) is 9.34. The molecule has 0 aliphatic rings. The summed E-state index contributed by atoms with van der Waals surface area (Å²) in [4.78, 5) is 10.7. The van der Waals surface area contributed by atoms with Crippen LogP contribution in [0.25, 0.3) is 0 Å². The second-order valence-electron chi connectivity index (χ2n) is 8.18. The molecule has 0 fully saturated rings. The van der Waals surface area contributed by atoms with E-state index in [-0.39, 0.29) is 17.6 Å². The van der Waals surface area contributed by atoms with Crippen LogP contribution in [0.15, 0.2) is 36.8 Å². The van der Waals surface area contributed by atoms with Crippen LogP contribution < -0.4 is 10.6 Å².